The molecule has 0 aliphatic rings. The second-order valence-corrected chi connectivity index (χ2v) is 9.99. The fourth-order valence-corrected chi connectivity index (χ4v) is 4.45. The fourth-order valence-electron chi connectivity index (χ4n) is 3.66. The molecular formula is C21H24F3N3O3S. The van der Waals surface area contributed by atoms with Gasteiger partial charge >= 0.3 is 6.18 Å². The number of aryl methyl sites for hydroxylation is 3. The van der Waals surface area contributed by atoms with Crippen LogP contribution in [-0.4, -0.2) is 29.0 Å². The van der Waals surface area contributed by atoms with Gasteiger partial charge in [-0.3, -0.25) is 9.48 Å². The second kappa shape index (κ2) is 8.14. The first-order valence-electron chi connectivity index (χ1n) is 9.78. The summed E-state index contributed by atoms with van der Waals surface area (Å²) in [6, 6.07) is 4.67. The second-order valence-electron chi connectivity index (χ2n) is 7.85. The van der Waals surface area contributed by atoms with Crippen LogP contribution in [0.15, 0.2) is 29.2 Å². The summed E-state index contributed by atoms with van der Waals surface area (Å²) in [6.07, 6.45) is -0.775. The maximum Gasteiger partial charge on any atom is 0.435 e. The Morgan fingerprint density at radius 1 is 1.13 bits per heavy atom. The Hall–Kier alpha value is -2.62. The van der Waals surface area contributed by atoms with E-state index in [1.54, 1.807) is 32.3 Å². The van der Waals surface area contributed by atoms with Crippen molar-refractivity contribution in [2.24, 2.45) is 7.05 Å². The van der Waals surface area contributed by atoms with Crippen LogP contribution in [0.2, 0.25) is 0 Å². The smallest absolute Gasteiger partial charge is 0.318 e. The maximum absolute atomic E-state index is 13.8. The van der Waals surface area contributed by atoms with E-state index in [4.69, 9.17) is 0 Å². The predicted molar refractivity (Wildman–Crippen MR) is 114 cm³/mol. The van der Waals surface area contributed by atoms with Gasteiger partial charge in [0.2, 0.25) is 0 Å². The van der Waals surface area contributed by atoms with Crippen LogP contribution < -0.4 is 5.56 Å². The van der Waals surface area contributed by atoms with Gasteiger partial charge in [0.1, 0.15) is 0 Å². The van der Waals surface area contributed by atoms with Crippen molar-refractivity contribution in [3.8, 4) is 11.1 Å². The van der Waals surface area contributed by atoms with Crippen molar-refractivity contribution in [3.05, 3.63) is 51.6 Å². The van der Waals surface area contributed by atoms with Crippen molar-refractivity contribution in [2.45, 2.75) is 45.2 Å². The van der Waals surface area contributed by atoms with Crippen LogP contribution in [0, 0.1) is 6.92 Å². The first-order chi connectivity index (χ1) is 14.3. The third kappa shape index (κ3) is 4.84. The number of benzene rings is 1. The number of unbranched alkanes of at least 4 members (excludes halogenated alkanes) is 1. The lowest BCUT2D eigenvalue weighted by atomic mass is 9.99. The molecule has 0 fully saturated rings. The summed E-state index contributed by atoms with van der Waals surface area (Å²) in [4.78, 5) is 12.0. The molecule has 0 bridgehead atoms. The molecule has 0 N–H and O–H groups in total. The maximum atomic E-state index is 13.8. The molecule has 0 saturated heterocycles. The third-order valence-corrected chi connectivity index (χ3v) is 5.88. The largest absolute Gasteiger partial charge is 0.435 e. The number of hydrogen-bond donors (Lipinski definition) is 0. The summed E-state index contributed by atoms with van der Waals surface area (Å²) in [5.74, 6) is -0.551. The number of halogens is 3. The van der Waals surface area contributed by atoms with Gasteiger partial charge in [-0.25, -0.2) is 8.42 Å². The van der Waals surface area contributed by atoms with Gasteiger partial charge in [0.15, 0.2) is 15.5 Å². The van der Waals surface area contributed by atoms with E-state index in [9.17, 15) is 26.4 Å². The fraction of sp³-hybridized carbons (Fsp3) is 0.429. The Morgan fingerprint density at radius 3 is 2.35 bits per heavy atom. The molecule has 2 aromatic heterocycles. The predicted octanol–water partition coefficient (Wildman–Crippen LogP) is 4.07. The van der Waals surface area contributed by atoms with Crippen LogP contribution >= 0.6 is 0 Å². The van der Waals surface area contributed by atoms with Crippen LogP contribution in [0.1, 0.15) is 36.6 Å². The normalized spacial score (nSPS) is 12.6. The van der Waals surface area contributed by atoms with Crippen molar-refractivity contribution in [3.63, 3.8) is 0 Å². The van der Waals surface area contributed by atoms with Crippen LogP contribution in [0.3, 0.4) is 0 Å². The Morgan fingerprint density at radius 2 is 1.81 bits per heavy atom. The quantitative estimate of drug-likeness (QED) is 0.562. The molecule has 0 amide bonds. The number of hydrogen-bond acceptors (Lipinski definition) is 4. The summed E-state index contributed by atoms with van der Waals surface area (Å²) < 4.78 is 68.1. The summed E-state index contributed by atoms with van der Waals surface area (Å²) in [5.41, 5.74) is 0.596. The van der Waals surface area contributed by atoms with E-state index >= 15 is 0 Å². The molecular weight excluding hydrogens is 431 g/mol. The SMILES string of the molecule is CCCCn1nc(C(F)(F)F)c2c(CS(C)(=O)=O)cc(-c3cc(C)c(=O)n(C)c3)cc21. The molecule has 31 heavy (non-hydrogen) atoms. The molecule has 0 aliphatic heterocycles. The zero-order valence-electron chi connectivity index (χ0n) is 17.7. The average Bonchev–Trinajstić information content (AvgIpc) is 3.02. The standard InChI is InChI=1S/C21H24F3N3O3S/c1-5-6-7-27-17-10-14(15-8-13(2)20(28)26(3)11-15)9-16(12-31(4,29)30)18(17)19(25-27)21(22,23)24/h8-11H,5-7,12H2,1-4H3. The van der Waals surface area contributed by atoms with Gasteiger partial charge in [0.25, 0.3) is 5.56 Å². The molecule has 0 saturated carbocycles. The number of nitrogens with zero attached hydrogens (tertiary/aromatic N) is 3. The van der Waals surface area contributed by atoms with E-state index in [1.165, 1.54) is 15.3 Å². The van der Waals surface area contributed by atoms with Gasteiger partial charge in [0.05, 0.1) is 11.3 Å². The minimum atomic E-state index is -4.73. The minimum Gasteiger partial charge on any atom is -0.318 e. The Labute approximate surface area is 178 Å². The highest BCUT2D eigenvalue weighted by Gasteiger charge is 2.38. The lowest BCUT2D eigenvalue weighted by Crippen LogP contribution is -2.18. The Kier molecular flexibility index (Phi) is 6.05. The molecule has 3 aromatic rings. The summed E-state index contributed by atoms with van der Waals surface area (Å²) >= 11 is 0. The number of aromatic nitrogens is 3. The third-order valence-electron chi connectivity index (χ3n) is 5.04. The molecule has 0 radical (unpaired) electrons. The van der Waals surface area contributed by atoms with Crippen LogP contribution in [0.25, 0.3) is 22.0 Å². The molecule has 6 nitrogen and oxygen atoms in total. The summed E-state index contributed by atoms with van der Waals surface area (Å²) in [6.45, 7) is 3.84. The van der Waals surface area contributed by atoms with Crippen LogP contribution in [0.4, 0.5) is 13.2 Å². The molecule has 2 heterocycles. The lowest BCUT2D eigenvalue weighted by Gasteiger charge is -2.12. The molecule has 0 spiro atoms. The monoisotopic (exact) mass is 455 g/mol. The van der Waals surface area contributed by atoms with E-state index < -0.39 is 27.5 Å². The van der Waals surface area contributed by atoms with Gasteiger partial charge in [-0.1, -0.05) is 13.3 Å². The van der Waals surface area contributed by atoms with E-state index in [0.717, 1.165) is 12.7 Å². The Bertz CT molecular complexity index is 1280. The van der Waals surface area contributed by atoms with Crippen molar-refractivity contribution >= 4 is 20.7 Å². The Balaban J connectivity index is 2.40. The molecule has 0 aliphatic carbocycles. The number of pyridine rings is 1. The molecule has 168 valence electrons. The van der Waals surface area contributed by atoms with Crippen LogP contribution in [-0.2, 0) is 35.4 Å². The number of fused-ring (bicyclic) bond motifs is 1. The topological polar surface area (TPSA) is 74.0 Å². The van der Waals surface area contributed by atoms with Crippen molar-refractivity contribution in [1.82, 2.24) is 14.3 Å². The molecule has 1 aromatic carbocycles. The van der Waals surface area contributed by atoms with E-state index in [1.807, 2.05) is 6.92 Å². The van der Waals surface area contributed by atoms with Gasteiger partial charge in [-0.05, 0) is 48.2 Å². The summed E-state index contributed by atoms with van der Waals surface area (Å²) in [7, 11) is -2.03. The highest BCUT2D eigenvalue weighted by atomic mass is 32.2. The molecule has 10 heteroatoms. The zero-order chi connectivity index (χ0) is 23.1. The van der Waals surface area contributed by atoms with Crippen LogP contribution in [0.5, 0.6) is 0 Å². The number of alkyl halides is 3. The van der Waals surface area contributed by atoms with Crippen molar-refractivity contribution in [2.75, 3.05) is 6.26 Å². The highest BCUT2D eigenvalue weighted by molar-refractivity contribution is 7.89. The van der Waals surface area contributed by atoms with Gasteiger partial charge in [-0.15, -0.1) is 0 Å². The highest BCUT2D eigenvalue weighted by Crippen LogP contribution is 2.38. The van der Waals surface area contributed by atoms with E-state index in [0.29, 0.717) is 23.1 Å². The number of sulfone groups is 1. The van der Waals surface area contributed by atoms with E-state index in [-0.39, 0.29) is 28.6 Å². The van der Waals surface area contributed by atoms with Gasteiger partial charge in [-0.2, -0.15) is 18.3 Å². The van der Waals surface area contributed by atoms with Crippen molar-refractivity contribution < 1.29 is 21.6 Å². The molecule has 0 atom stereocenters. The lowest BCUT2D eigenvalue weighted by molar-refractivity contribution is -0.140. The first kappa shape index (κ1) is 23.1. The average molecular weight is 456 g/mol. The number of rotatable bonds is 6. The van der Waals surface area contributed by atoms with E-state index in [2.05, 4.69) is 5.10 Å². The van der Waals surface area contributed by atoms with Gasteiger partial charge in [0, 0.05) is 37.0 Å². The first-order valence-corrected chi connectivity index (χ1v) is 11.8. The van der Waals surface area contributed by atoms with Crippen molar-refractivity contribution in [1.29, 1.82) is 0 Å². The summed E-state index contributed by atoms with van der Waals surface area (Å²) in [5, 5.41) is 3.62. The molecule has 0 unspecified atom stereocenters. The van der Waals surface area contributed by atoms with Gasteiger partial charge < -0.3 is 4.57 Å². The minimum absolute atomic E-state index is 0.0385. The zero-order valence-corrected chi connectivity index (χ0v) is 18.6. The molecule has 3 rings (SSSR count).